The monoisotopic (exact) mass is 422 g/mol. The Morgan fingerprint density at radius 2 is 1.86 bits per heavy atom. The lowest BCUT2D eigenvalue weighted by atomic mass is 10.1. The molecule has 28 heavy (non-hydrogen) atoms. The highest BCUT2D eigenvalue weighted by Crippen LogP contribution is 2.22. The van der Waals surface area contributed by atoms with Crippen LogP contribution in [-0.4, -0.2) is 35.6 Å². The number of hydrogen-bond donors (Lipinski definition) is 1. The zero-order valence-electron chi connectivity index (χ0n) is 16.0. The highest BCUT2D eigenvalue weighted by molar-refractivity contribution is 7.99. The third-order valence-electron chi connectivity index (χ3n) is 4.33. The summed E-state index contributed by atoms with van der Waals surface area (Å²) in [6.45, 7) is 1.71. The zero-order chi connectivity index (χ0) is 20.5. The van der Waals surface area contributed by atoms with Crippen molar-refractivity contribution >= 4 is 35.2 Å². The minimum absolute atomic E-state index is 0.0599. The molecule has 0 aliphatic rings. The number of rotatable bonds is 9. The van der Waals surface area contributed by atoms with Gasteiger partial charge in [-0.1, -0.05) is 29.8 Å². The highest BCUT2D eigenvalue weighted by atomic mass is 35.5. The maximum Gasteiger partial charge on any atom is 0.242 e. The molecule has 0 aliphatic carbocycles. The molecule has 4 nitrogen and oxygen atoms in total. The first-order chi connectivity index (χ1) is 13.4. The van der Waals surface area contributed by atoms with Crippen molar-refractivity contribution in [2.75, 3.05) is 12.8 Å². The average molecular weight is 423 g/mol. The average Bonchev–Trinajstić information content (AvgIpc) is 2.70. The van der Waals surface area contributed by atoms with Gasteiger partial charge in [0.2, 0.25) is 11.8 Å². The molecule has 0 unspecified atom stereocenters. The number of nitrogens with one attached hydrogen (secondary N) is 1. The molecule has 2 amide bonds. The second-order valence-electron chi connectivity index (χ2n) is 6.31. The Labute approximate surface area is 174 Å². The van der Waals surface area contributed by atoms with Crippen LogP contribution in [0.5, 0.6) is 0 Å². The van der Waals surface area contributed by atoms with Gasteiger partial charge in [0.15, 0.2) is 0 Å². The quantitative estimate of drug-likeness (QED) is 0.477. The summed E-state index contributed by atoms with van der Waals surface area (Å²) in [6.07, 6.45) is 0.941. The van der Waals surface area contributed by atoms with Gasteiger partial charge in [-0.25, -0.2) is 4.39 Å². The first-order valence-electron chi connectivity index (χ1n) is 9.05. The van der Waals surface area contributed by atoms with Crippen LogP contribution in [0, 0.1) is 5.82 Å². The third-order valence-corrected chi connectivity index (χ3v) is 5.68. The van der Waals surface area contributed by atoms with Gasteiger partial charge in [-0.15, -0.1) is 11.8 Å². The Hall–Kier alpha value is -2.05. The maximum absolute atomic E-state index is 14.0. The summed E-state index contributed by atoms with van der Waals surface area (Å²) < 4.78 is 14.0. The molecule has 0 spiro atoms. The van der Waals surface area contributed by atoms with E-state index in [0.717, 1.165) is 10.6 Å². The number of benzene rings is 2. The predicted molar refractivity (Wildman–Crippen MR) is 112 cm³/mol. The van der Waals surface area contributed by atoms with Crippen LogP contribution in [0.25, 0.3) is 0 Å². The summed E-state index contributed by atoms with van der Waals surface area (Å²) in [5, 5.41) is 3.24. The first-order valence-corrected chi connectivity index (χ1v) is 10.4. The van der Waals surface area contributed by atoms with Crippen molar-refractivity contribution in [3.8, 4) is 0 Å². The van der Waals surface area contributed by atoms with Gasteiger partial charge in [0, 0.05) is 35.5 Å². The number of thioether (sulfide) groups is 1. The van der Waals surface area contributed by atoms with E-state index in [4.69, 9.17) is 11.6 Å². The number of halogens is 2. The molecular weight excluding hydrogens is 399 g/mol. The Kier molecular flexibility index (Phi) is 8.80. The van der Waals surface area contributed by atoms with Crippen molar-refractivity contribution in [3.05, 3.63) is 64.9 Å². The molecule has 2 rings (SSSR count). The van der Waals surface area contributed by atoms with Crippen molar-refractivity contribution < 1.29 is 14.0 Å². The van der Waals surface area contributed by atoms with E-state index in [1.165, 1.54) is 18.0 Å². The number of carbonyl (C=O) groups is 2. The summed E-state index contributed by atoms with van der Waals surface area (Å²) in [6, 6.07) is 13.1. The Morgan fingerprint density at radius 3 is 2.50 bits per heavy atom. The Bertz CT molecular complexity index is 801. The lowest BCUT2D eigenvalue weighted by molar-refractivity contribution is -0.140. The van der Waals surface area contributed by atoms with Crippen LogP contribution >= 0.6 is 23.4 Å². The third kappa shape index (κ3) is 6.53. The van der Waals surface area contributed by atoms with Crippen molar-refractivity contribution in [1.82, 2.24) is 10.2 Å². The van der Waals surface area contributed by atoms with Gasteiger partial charge >= 0.3 is 0 Å². The van der Waals surface area contributed by atoms with Crippen LogP contribution in [-0.2, 0) is 16.1 Å². The number of hydrogen-bond acceptors (Lipinski definition) is 3. The van der Waals surface area contributed by atoms with Gasteiger partial charge in [-0.05, 0) is 49.4 Å². The molecular formula is C21H24ClFN2O2S. The summed E-state index contributed by atoms with van der Waals surface area (Å²) in [4.78, 5) is 27.4. The van der Waals surface area contributed by atoms with E-state index < -0.39 is 6.04 Å². The molecule has 0 bridgehead atoms. The van der Waals surface area contributed by atoms with Crippen LogP contribution < -0.4 is 5.32 Å². The van der Waals surface area contributed by atoms with E-state index in [2.05, 4.69) is 5.32 Å². The van der Waals surface area contributed by atoms with Crippen molar-refractivity contribution in [2.45, 2.75) is 37.2 Å². The number of nitrogens with zero attached hydrogens (tertiary/aromatic N) is 1. The molecule has 7 heteroatoms. The molecule has 0 saturated heterocycles. The normalized spacial score (nSPS) is 11.7. The summed E-state index contributed by atoms with van der Waals surface area (Å²) in [5.41, 5.74) is 0.391. The smallest absolute Gasteiger partial charge is 0.242 e. The second-order valence-corrected chi connectivity index (χ2v) is 7.91. The summed E-state index contributed by atoms with van der Waals surface area (Å²) in [5.74, 6) is -0.0751. The van der Waals surface area contributed by atoms with Crippen LogP contribution in [0.15, 0.2) is 53.4 Å². The van der Waals surface area contributed by atoms with Crippen molar-refractivity contribution in [3.63, 3.8) is 0 Å². The fourth-order valence-corrected chi connectivity index (χ4v) is 3.67. The van der Waals surface area contributed by atoms with Gasteiger partial charge in [0.25, 0.3) is 0 Å². The van der Waals surface area contributed by atoms with Crippen LogP contribution in [0.2, 0.25) is 5.02 Å². The van der Waals surface area contributed by atoms with Crippen LogP contribution in [0.1, 0.15) is 25.3 Å². The zero-order valence-corrected chi connectivity index (χ0v) is 17.5. The molecule has 1 N–H and O–H groups in total. The van der Waals surface area contributed by atoms with E-state index in [1.54, 1.807) is 36.9 Å². The lowest BCUT2D eigenvalue weighted by Gasteiger charge is -2.28. The number of carbonyl (C=O) groups excluding carboxylic acids is 2. The molecule has 1 atom stereocenters. The largest absolute Gasteiger partial charge is 0.357 e. The van der Waals surface area contributed by atoms with Gasteiger partial charge in [0.1, 0.15) is 11.9 Å². The van der Waals surface area contributed by atoms with E-state index in [0.29, 0.717) is 17.0 Å². The molecule has 2 aromatic rings. The molecule has 0 heterocycles. The fraction of sp³-hybridized carbons (Fsp3) is 0.333. The van der Waals surface area contributed by atoms with E-state index in [9.17, 15) is 14.0 Å². The second kappa shape index (κ2) is 11.1. The molecule has 0 fully saturated rings. The minimum Gasteiger partial charge on any atom is -0.357 e. The molecule has 0 aromatic heterocycles. The van der Waals surface area contributed by atoms with E-state index in [1.807, 2.05) is 24.3 Å². The minimum atomic E-state index is -0.680. The molecule has 2 aromatic carbocycles. The van der Waals surface area contributed by atoms with Gasteiger partial charge < -0.3 is 10.2 Å². The summed E-state index contributed by atoms with van der Waals surface area (Å²) in [7, 11) is 1.52. The first kappa shape index (κ1) is 22.2. The maximum atomic E-state index is 14.0. The van der Waals surface area contributed by atoms with Crippen LogP contribution in [0.3, 0.4) is 0 Å². The lowest BCUT2D eigenvalue weighted by Crippen LogP contribution is -2.46. The number of likely N-dealkylation sites (N-methyl/N-ethyl adjacent to an activating group) is 1. The van der Waals surface area contributed by atoms with Gasteiger partial charge in [-0.3, -0.25) is 9.59 Å². The number of amides is 2. The fourth-order valence-electron chi connectivity index (χ4n) is 2.69. The van der Waals surface area contributed by atoms with Crippen molar-refractivity contribution in [1.29, 1.82) is 0 Å². The molecule has 0 aliphatic heterocycles. The Morgan fingerprint density at radius 1 is 1.18 bits per heavy atom. The predicted octanol–water partition coefficient (Wildman–Crippen LogP) is 4.51. The van der Waals surface area contributed by atoms with Gasteiger partial charge in [0.05, 0.1) is 0 Å². The Balaban J connectivity index is 1.97. The van der Waals surface area contributed by atoms with E-state index >= 15 is 0 Å². The molecule has 150 valence electrons. The standard InChI is InChI=1S/C21H24ClFN2O2S/c1-15(21(27)24-2)25(14-16-6-3-4-7-19(16)23)20(26)8-5-13-28-18-11-9-17(22)10-12-18/h3-4,6-7,9-12,15H,5,8,13-14H2,1-2H3,(H,24,27)/t15-/m1/s1. The van der Waals surface area contributed by atoms with E-state index in [-0.39, 0.29) is 30.6 Å². The van der Waals surface area contributed by atoms with Gasteiger partial charge in [-0.2, -0.15) is 0 Å². The topological polar surface area (TPSA) is 49.4 Å². The van der Waals surface area contributed by atoms with Crippen LogP contribution in [0.4, 0.5) is 4.39 Å². The molecule has 0 saturated carbocycles. The highest BCUT2D eigenvalue weighted by Gasteiger charge is 2.25. The summed E-state index contributed by atoms with van der Waals surface area (Å²) >= 11 is 7.52. The van der Waals surface area contributed by atoms with Crippen molar-refractivity contribution in [2.24, 2.45) is 0 Å². The SMILES string of the molecule is CNC(=O)[C@@H](C)N(Cc1ccccc1F)C(=O)CCCSc1ccc(Cl)cc1. The molecule has 0 radical (unpaired) electrons.